The van der Waals surface area contributed by atoms with E-state index in [2.05, 4.69) is 35.7 Å². The summed E-state index contributed by atoms with van der Waals surface area (Å²) in [4.78, 5) is 0. The lowest BCUT2D eigenvalue weighted by molar-refractivity contribution is 0.359. The van der Waals surface area contributed by atoms with Gasteiger partial charge in [-0.1, -0.05) is 43.2 Å². The Morgan fingerprint density at radius 1 is 1.28 bits per heavy atom. The highest BCUT2D eigenvalue weighted by Gasteiger charge is 2.28. The van der Waals surface area contributed by atoms with E-state index in [0.29, 0.717) is 6.04 Å². The molecule has 1 aliphatic rings. The fraction of sp³-hybridized carbons (Fsp3) is 0.562. The van der Waals surface area contributed by atoms with Gasteiger partial charge in [0.05, 0.1) is 6.07 Å². The summed E-state index contributed by atoms with van der Waals surface area (Å²) < 4.78 is 0. The van der Waals surface area contributed by atoms with Crippen molar-refractivity contribution in [3.8, 4) is 6.07 Å². The van der Waals surface area contributed by atoms with Gasteiger partial charge in [-0.2, -0.15) is 5.26 Å². The first kappa shape index (κ1) is 13.1. The first-order valence-corrected chi connectivity index (χ1v) is 6.95. The van der Waals surface area contributed by atoms with Gasteiger partial charge in [0.25, 0.3) is 0 Å². The van der Waals surface area contributed by atoms with Crippen LogP contribution >= 0.6 is 0 Å². The lowest BCUT2D eigenvalue weighted by Crippen LogP contribution is -2.46. The highest BCUT2D eigenvalue weighted by atomic mass is 15.0. The van der Waals surface area contributed by atoms with Crippen molar-refractivity contribution in [2.75, 3.05) is 0 Å². The minimum Gasteiger partial charge on any atom is -0.297 e. The first-order valence-electron chi connectivity index (χ1n) is 6.95. The predicted molar refractivity (Wildman–Crippen MR) is 74.2 cm³/mol. The Balaban J connectivity index is 1.89. The molecule has 0 heterocycles. The molecule has 1 atom stereocenters. The Hall–Kier alpha value is -1.33. The third kappa shape index (κ3) is 3.58. The normalized spacial score (nSPS) is 19.3. The average Bonchev–Trinajstić information content (AvgIpc) is 2.90. The highest BCUT2D eigenvalue weighted by Crippen LogP contribution is 2.22. The number of nitrogens with zero attached hydrogens (tertiary/aromatic N) is 1. The van der Waals surface area contributed by atoms with Crippen molar-refractivity contribution in [1.29, 1.82) is 5.26 Å². The molecule has 1 N–H and O–H groups in total. The summed E-state index contributed by atoms with van der Waals surface area (Å²) in [6.45, 7) is 2.04. The van der Waals surface area contributed by atoms with Gasteiger partial charge >= 0.3 is 0 Å². The fourth-order valence-corrected chi connectivity index (χ4v) is 2.72. The average molecular weight is 242 g/mol. The molecule has 1 aromatic rings. The monoisotopic (exact) mass is 242 g/mol. The van der Waals surface area contributed by atoms with Gasteiger partial charge in [-0.05, 0) is 38.2 Å². The summed E-state index contributed by atoms with van der Waals surface area (Å²) in [5.41, 5.74) is 0.928. The molecule has 1 aliphatic carbocycles. The summed E-state index contributed by atoms with van der Waals surface area (Å²) in [6, 6.07) is 13.4. The van der Waals surface area contributed by atoms with Gasteiger partial charge in [-0.25, -0.2) is 0 Å². The molecule has 0 aromatic heterocycles. The Labute approximate surface area is 110 Å². The van der Waals surface area contributed by atoms with Crippen LogP contribution in [0.3, 0.4) is 0 Å². The van der Waals surface area contributed by atoms with Crippen LogP contribution in [0.25, 0.3) is 0 Å². The Morgan fingerprint density at radius 2 is 1.94 bits per heavy atom. The smallest absolute Gasteiger partial charge is 0.104 e. The summed E-state index contributed by atoms with van der Waals surface area (Å²) in [6.07, 6.45) is 6.90. The van der Waals surface area contributed by atoms with Crippen molar-refractivity contribution in [3.05, 3.63) is 35.9 Å². The lowest BCUT2D eigenvalue weighted by Gasteiger charge is -2.27. The zero-order valence-electron chi connectivity index (χ0n) is 11.2. The number of nitrogens with one attached hydrogen (secondary N) is 1. The molecule has 0 aliphatic heterocycles. The molecule has 18 heavy (non-hydrogen) atoms. The zero-order chi connectivity index (χ0) is 12.8. The van der Waals surface area contributed by atoms with E-state index in [1.807, 2.05) is 13.0 Å². The van der Waals surface area contributed by atoms with Gasteiger partial charge in [0, 0.05) is 6.04 Å². The highest BCUT2D eigenvalue weighted by molar-refractivity contribution is 5.17. The minimum absolute atomic E-state index is 0.384. The van der Waals surface area contributed by atoms with Crippen LogP contribution in [0, 0.1) is 11.3 Å². The Morgan fingerprint density at radius 3 is 2.56 bits per heavy atom. The number of aryl methyl sites for hydroxylation is 1. The van der Waals surface area contributed by atoms with E-state index >= 15 is 0 Å². The lowest BCUT2D eigenvalue weighted by atomic mass is 9.93. The van der Waals surface area contributed by atoms with Crippen molar-refractivity contribution in [1.82, 2.24) is 5.32 Å². The fourth-order valence-electron chi connectivity index (χ4n) is 2.72. The first-order chi connectivity index (χ1) is 8.72. The topological polar surface area (TPSA) is 35.8 Å². The molecule has 0 spiro atoms. The third-order valence-electron chi connectivity index (χ3n) is 3.88. The summed E-state index contributed by atoms with van der Waals surface area (Å²) >= 11 is 0. The number of nitriles is 1. The van der Waals surface area contributed by atoms with E-state index < -0.39 is 0 Å². The second kappa shape index (κ2) is 6.02. The maximum absolute atomic E-state index is 9.41. The van der Waals surface area contributed by atoms with Gasteiger partial charge < -0.3 is 0 Å². The van der Waals surface area contributed by atoms with E-state index in [-0.39, 0.29) is 5.54 Å². The maximum atomic E-state index is 9.41. The van der Waals surface area contributed by atoms with Gasteiger partial charge in [0.2, 0.25) is 0 Å². The molecule has 2 rings (SSSR count). The largest absolute Gasteiger partial charge is 0.297 e. The summed E-state index contributed by atoms with van der Waals surface area (Å²) in [5, 5.41) is 13.0. The Bertz CT molecular complexity index is 401. The van der Waals surface area contributed by atoms with Crippen molar-refractivity contribution in [2.45, 2.75) is 57.0 Å². The zero-order valence-corrected chi connectivity index (χ0v) is 11.2. The molecule has 1 fully saturated rings. The third-order valence-corrected chi connectivity index (χ3v) is 3.88. The molecule has 1 unspecified atom stereocenters. The predicted octanol–water partition coefficient (Wildman–Crippen LogP) is 3.43. The number of rotatable bonds is 5. The van der Waals surface area contributed by atoms with Gasteiger partial charge in [-0.3, -0.25) is 5.32 Å². The minimum atomic E-state index is -0.384. The molecule has 0 radical (unpaired) electrons. The maximum Gasteiger partial charge on any atom is 0.104 e. The molecule has 0 saturated heterocycles. The SMILES string of the molecule is CC(C#N)(CCc1ccccc1)NC1CCCC1. The van der Waals surface area contributed by atoms with Crippen LogP contribution in [0.2, 0.25) is 0 Å². The molecule has 2 heteroatoms. The Kier molecular flexibility index (Phi) is 4.38. The number of hydrogen-bond acceptors (Lipinski definition) is 2. The van der Waals surface area contributed by atoms with Crippen LogP contribution in [-0.4, -0.2) is 11.6 Å². The standard InChI is InChI=1S/C16H22N2/c1-16(13-17,18-15-9-5-6-10-15)12-11-14-7-3-2-4-8-14/h2-4,7-8,15,18H,5-6,9-12H2,1H3. The van der Waals surface area contributed by atoms with E-state index in [4.69, 9.17) is 0 Å². The van der Waals surface area contributed by atoms with Crippen LogP contribution in [0.4, 0.5) is 0 Å². The van der Waals surface area contributed by atoms with E-state index in [1.165, 1.54) is 31.2 Å². The van der Waals surface area contributed by atoms with Gasteiger partial charge in [0.1, 0.15) is 5.54 Å². The van der Waals surface area contributed by atoms with Gasteiger partial charge in [-0.15, -0.1) is 0 Å². The summed E-state index contributed by atoms with van der Waals surface area (Å²) in [7, 11) is 0. The quantitative estimate of drug-likeness (QED) is 0.858. The molecule has 0 bridgehead atoms. The van der Waals surface area contributed by atoms with Crippen molar-refractivity contribution < 1.29 is 0 Å². The van der Waals surface area contributed by atoms with Crippen LogP contribution in [0.1, 0.15) is 44.6 Å². The molecule has 96 valence electrons. The summed E-state index contributed by atoms with van der Waals surface area (Å²) in [5.74, 6) is 0. The van der Waals surface area contributed by atoms with Crippen molar-refractivity contribution >= 4 is 0 Å². The molecule has 1 saturated carbocycles. The molecule has 2 nitrogen and oxygen atoms in total. The number of benzene rings is 1. The van der Waals surface area contributed by atoms with Crippen molar-refractivity contribution in [2.24, 2.45) is 0 Å². The molecule has 1 aromatic carbocycles. The molecular weight excluding hydrogens is 220 g/mol. The van der Waals surface area contributed by atoms with Gasteiger partial charge in [0.15, 0.2) is 0 Å². The van der Waals surface area contributed by atoms with Crippen molar-refractivity contribution in [3.63, 3.8) is 0 Å². The van der Waals surface area contributed by atoms with Crippen LogP contribution in [0.5, 0.6) is 0 Å². The van der Waals surface area contributed by atoms with Crippen LogP contribution in [0.15, 0.2) is 30.3 Å². The van der Waals surface area contributed by atoms with Crippen LogP contribution in [-0.2, 0) is 6.42 Å². The second-order valence-electron chi connectivity index (χ2n) is 5.56. The van der Waals surface area contributed by atoms with Crippen LogP contribution < -0.4 is 5.32 Å². The second-order valence-corrected chi connectivity index (χ2v) is 5.56. The van der Waals surface area contributed by atoms with E-state index in [1.54, 1.807) is 0 Å². The van der Waals surface area contributed by atoms with E-state index in [9.17, 15) is 5.26 Å². The molecular formula is C16H22N2. The van der Waals surface area contributed by atoms with E-state index in [0.717, 1.165) is 12.8 Å². The molecule has 0 amide bonds. The number of hydrogen-bond donors (Lipinski definition) is 1.